The summed E-state index contributed by atoms with van der Waals surface area (Å²) in [5.74, 6) is 0.373. The minimum atomic E-state index is -1.62. The Kier molecular flexibility index (Phi) is 7.95. The van der Waals surface area contributed by atoms with Gasteiger partial charge in [0.1, 0.15) is 11.1 Å². The first kappa shape index (κ1) is 27.4. The van der Waals surface area contributed by atoms with Gasteiger partial charge in [-0.25, -0.2) is 18.7 Å². The first-order valence-corrected chi connectivity index (χ1v) is 11.5. The number of benzene rings is 1. The molecule has 8 nitrogen and oxygen atoms in total. The van der Waals surface area contributed by atoms with E-state index in [4.69, 9.17) is 4.98 Å². The number of alkyl halides is 1. The third-order valence-electron chi connectivity index (χ3n) is 6.01. The van der Waals surface area contributed by atoms with Crippen molar-refractivity contribution in [2.24, 2.45) is 0 Å². The Bertz CT molecular complexity index is 1440. The summed E-state index contributed by atoms with van der Waals surface area (Å²) in [5.41, 5.74) is 2.77. The fraction of sp³-hybridized carbons (Fsp3) is 0.360. The van der Waals surface area contributed by atoms with E-state index in [1.807, 2.05) is 26.0 Å². The predicted molar refractivity (Wildman–Crippen MR) is 146 cm³/mol. The molecule has 4 aromatic rings. The van der Waals surface area contributed by atoms with Gasteiger partial charge in [-0.3, -0.25) is 9.78 Å². The maximum Gasteiger partial charge on any atom is 0.278 e. The summed E-state index contributed by atoms with van der Waals surface area (Å²) in [7, 11) is 0. The molecule has 11 heteroatoms. The predicted octanol–water partition coefficient (Wildman–Crippen LogP) is 5.71. The van der Waals surface area contributed by atoms with E-state index in [9.17, 15) is 9.18 Å². The molecular formula is C25H30Cl2FN7O. The highest BCUT2D eigenvalue weighted by Gasteiger charge is 2.24. The van der Waals surface area contributed by atoms with E-state index in [2.05, 4.69) is 26.7 Å². The summed E-state index contributed by atoms with van der Waals surface area (Å²) < 4.78 is 18.0. The molecule has 0 spiro atoms. The van der Waals surface area contributed by atoms with Crippen molar-refractivity contribution in [3.8, 4) is 5.69 Å². The number of hydrogen-bond acceptors (Lipinski definition) is 6. The van der Waals surface area contributed by atoms with Gasteiger partial charge in [0.2, 0.25) is 5.95 Å². The van der Waals surface area contributed by atoms with Crippen LogP contribution in [-0.4, -0.2) is 30.9 Å². The van der Waals surface area contributed by atoms with Crippen molar-refractivity contribution in [1.82, 2.24) is 24.3 Å². The Labute approximate surface area is 221 Å². The zero-order chi connectivity index (χ0) is 24.0. The topological polar surface area (TPSA) is 89.7 Å². The van der Waals surface area contributed by atoms with Crippen molar-refractivity contribution in [1.29, 1.82) is 0 Å². The Hall–Kier alpha value is -3.17. The minimum Gasteiger partial charge on any atom is -0.385 e. The molecule has 0 aliphatic carbocycles. The number of aromatic nitrogens is 5. The van der Waals surface area contributed by atoms with Crippen LogP contribution < -0.4 is 16.2 Å². The lowest BCUT2D eigenvalue weighted by Crippen LogP contribution is -2.24. The number of nitrogens with one attached hydrogen (secondary N) is 2. The Morgan fingerprint density at radius 3 is 2.64 bits per heavy atom. The SMILES string of the molecule is CC(C)n1c(=O)c2cnc(Nc3ccc4c(c3)NCCC4)nc2n1-c1ccnc(C(C)(C)F)c1.Cl.Cl. The van der Waals surface area contributed by atoms with Gasteiger partial charge in [-0.15, -0.1) is 24.8 Å². The first-order chi connectivity index (χ1) is 16.2. The Morgan fingerprint density at radius 1 is 1.14 bits per heavy atom. The van der Waals surface area contributed by atoms with E-state index in [0.29, 0.717) is 22.7 Å². The summed E-state index contributed by atoms with van der Waals surface area (Å²) in [4.78, 5) is 26.5. The molecule has 2 N–H and O–H groups in total. The lowest BCUT2D eigenvalue weighted by molar-refractivity contribution is 0.214. The number of rotatable bonds is 5. The molecule has 0 saturated carbocycles. The number of aryl methyl sites for hydroxylation is 1. The lowest BCUT2D eigenvalue weighted by Gasteiger charge is -2.19. The standard InChI is InChI=1S/C25H28FN7O.2ClH/c1-15(2)32-23(34)19-14-29-24(30-17-8-7-16-6-5-10-27-20(16)12-17)31-22(19)33(32)18-9-11-28-21(13-18)25(3,4)26;;/h7-9,11-15,27H,5-6,10H2,1-4H3,(H,29,30,31);2*1H. The second-order valence-corrected chi connectivity index (χ2v) is 9.39. The van der Waals surface area contributed by atoms with Gasteiger partial charge < -0.3 is 10.6 Å². The van der Waals surface area contributed by atoms with Crippen LogP contribution in [0.1, 0.15) is 51.4 Å². The van der Waals surface area contributed by atoms with Gasteiger partial charge in [0.15, 0.2) is 5.65 Å². The zero-order valence-corrected chi connectivity index (χ0v) is 22.2. The van der Waals surface area contributed by atoms with Crippen LogP contribution in [0.5, 0.6) is 0 Å². The molecule has 36 heavy (non-hydrogen) atoms. The van der Waals surface area contributed by atoms with Crippen LogP contribution in [-0.2, 0) is 12.1 Å². The number of fused-ring (bicyclic) bond motifs is 2. The monoisotopic (exact) mass is 533 g/mol. The number of halogens is 3. The van der Waals surface area contributed by atoms with Crippen molar-refractivity contribution >= 4 is 53.2 Å². The van der Waals surface area contributed by atoms with E-state index in [1.54, 1.807) is 33.9 Å². The normalized spacial score (nSPS) is 12.9. The molecule has 1 aliphatic heterocycles. The van der Waals surface area contributed by atoms with Crippen molar-refractivity contribution in [3.05, 3.63) is 64.3 Å². The van der Waals surface area contributed by atoms with Gasteiger partial charge in [-0.2, -0.15) is 4.98 Å². The van der Waals surface area contributed by atoms with Crippen LogP contribution in [0.25, 0.3) is 16.7 Å². The number of pyridine rings is 1. The lowest BCUT2D eigenvalue weighted by atomic mass is 10.0. The summed E-state index contributed by atoms with van der Waals surface area (Å²) in [6.07, 6.45) is 5.28. The van der Waals surface area contributed by atoms with Gasteiger partial charge in [-0.1, -0.05) is 6.07 Å². The molecular weight excluding hydrogens is 504 g/mol. The van der Waals surface area contributed by atoms with Gasteiger partial charge in [0.25, 0.3) is 5.56 Å². The molecule has 0 bridgehead atoms. The smallest absolute Gasteiger partial charge is 0.278 e. The van der Waals surface area contributed by atoms with Crippen molar-refractivity contribution < 1.29 is 4.39 Å². The summed E-state index contributed by atoms with van der Waals surface area (Å²) >= 11 is 0. The molecule has 0 amide bonds. The van der Waals surface area contributed by atoms with Gasteiger partial charge in [0, 0.05) is 36.4 Å². The highest BCUT2D eigenvalue weighted by atomic mass is 35.5. The van der Waals surface area contributed by atoms with E-state index < -0.39 is 5.67 Å². The maximum atomic E-state index is 14.6. The maximum absolute atomic E-state index is 14.6. The molecule has 0 radical (unpaired) electrons. The average molecular weight is 534 g/mol. The second kappa shape index (κ2) is 10.4. The zero-order valence-electron chi connectivity index (χ0n) is 20.6. The Balaban J connectivity index is 0.00000180. The number of nitrogens with zero attached hydrogens (tertiary/aromatic N) is 5. The largest absolute Gasteiger partial charge is 0.385 e. The average Bonchev–Trinajstić information content (AvgIpc) is 3.10. The van der Waals surface area contributed by atoms with Crippen LogP contribution in [0.2, 0.25) is 0 Å². The van der Waals surface area contributed by atoms with E-state index in [1.165, 1.54) is 19.4 Å². The van der Waals surface area contributed by atoms with Crippen molar-refractivity contribution in [3.63, 3.8) is 0 Å². The van der Waals surface area contributed by atoms with Crippen molar-refractivity contribution in [2.75, 3.05) is 17.2 Å². The highest BCUT2D eigenvalue weighted by molar-refractivity contribution is 5.85. The highest BCUT2D eigenvalue weighted by Crippen LogP contribution is 2.28. The summed E-state index contributed by atoms with van der Waals surface area (Å²) in [6.45, 7) is 7.72. The van der Waals surface area contributed by atoms with Crippen LogP contribution in [0.3, 0.4) is 0 Å². The molecule has 3 aromatic heterocycles. The quantitative estimate of drug-likeness (QED) is 0.341. The van der Waals surface area contributed by atoms with Crippen LogP contribution in [0.4, 0.5) is 21.7 Å². The van der Waals surface area contributed by atoms with E-state index in [0.717, 1.165) is 30.8 Å². The molecule has 192 valence electrons. The molecule has 0 unspecified atom stereocenters. The van der Waals surface area contributed by atoms with Crippen LogP contribution in [0.15, 0.2) is 47.5 Å². The minimum absolute atomic E-state index is 0. The molecule has 0 fully saturated rings. The third kappa shape index (κ3) is 5.03. The van der Waals surface area contributed by atoms with E-state index in [-0.39, 0.29) is 42.1 Å². The number of hydrogen-bond donors (Lipinski definition) is 2. The summed E-state index contributed by atoms with van der Waals surface area (Å²) in [6, 6.07) is 9.40. The molecule has 1 aromatic carbocycles. The van der Waals surface area contributed by atoms with Crippen LogP contribution in [0, 0.1) is 0 Å². The third-order valence-corrected chi connectivity index (χ3v) is 6.01. The Morgan fingerprint density at radius 2 is 1.92 bits per heavy atom. The van der Waals surface area contributed by atoms with Gasteiger partial charge >= 0.3 is 0 Å². The van der Waals surface area contributed by atoms with E-state index >= 15 is 0 Å². The van der Waals surface area contributed by atoms with Crippen molar-refractivity contribution in [2.45, 2.75) is 52.2 Å². The second-order valence-electron chi connectivity index (χ2n) is 9.39. The number of anilines is 3. The fourth-order valence-corrected chi connectivity index (χ4v) is 4.32. The fourth-order valence-electron chi connectivity index (χ4n) is 4.32. The molecule has 0 saturated heterocycles. The molecule has 1 aliphatic rings. The molecule has 4 heterocycles. The molecule has 0 atom stereocenters. The van der Waals surface area contributed by atoms with Crippen LogP contribution >= 0.6 is 24.8 Å². The van der Waals surface area contributed by atoms with Gasteiger partial charge in [0.05, 0.1) is 11.4 Å². The first-order valence-electron chi connectivity index (χ1n) is 11.5. The molecule has 5 rings (SSSR count). The summed E-state index contributed by atoms with van der Waals surface area (Å²) in [5, 5.41) is 7.08. The van der Waals surface area contributed by atoms with Gasteiger partial charge in [-0.05, 0) is 70.4 Å².